The number of benzene rings is 1. The molecular weight excluding hydrogens is 265 g/mol. The van der Waals surface area contributed by atoms with Gasteiger partial charge in [-0.15, -0.1) is 0 Å². The fourth-order valence-electron chi connectivity index (χ4n) is 1.05. The molecule has 0 saturated heterocycles. The molecule has 2 N–H and O–H groups in total. The van der Waals surface area contributed by atoms with Crippen molar-refractivity contribution < 1.29 is 13.9 Å². The molecule has 1 aromatic rings. The Morgan fingerprint density at radius 2 is 2.24 bits per heavy atom. The summed E-state index contributed by atoms with van der Waals surface area (Å²) in [5.41, 5.74) is 5.36. The minimum Gasteiger partial charge on any atom is -0.488 e. The molecule has 0 radical (unpaired) electrons. The largest absolute Gasteiger partial charge is 0.488 e. The smallest absolute Gasteiger partial charge is 0.183 e. The van der Waals surface area contributed by atoms with Crippen LogP contribution in [0.2, 0.25) is 5.02 Å². The fourth-order valence-corrected chi connectivity index (χ4v) is 1.29. The lowest BCUT2D eigenvalue weighted by molar-refractivity contribution is 0.0799. The van der Waals surface area contributed by atoms with E-state index < -0.39 is 5.82 Å². The third kappa shape index (κ3) is 4.46. The van der Waals surface area contributed by atoms with E-state index in [4.69, 9.17) is 39.0 Å². The van der Waals surface area contributed by atoms with Crippen LogP contribution in [0, 0.1) is 5.82 Å². The summed E-state index contributed by atoms with van der Waals surface area (Å²) in [6, 6.07) is 4.56. The van der Waals surface area contributed by atoms with Crippen LogP contribution in [0.3, 0.4) is 0 Å². The summed E-state index contributed by atoms with van der Waals surface area (Å²) in [6.45, 7) is 2.21. The molecule has 3 nitrogen and oxygen atoms in total. The molecule has 0 aliphatic carbocycles. The minimum absolute atomic E-state index is 0.0277. The second-order valence-electron chi connectivity index (χ2n) is 3.32. The van der Waals surface area contributed by atoms with E-state index in [-0.39, 0.29) is 35.1 Å². The molecule has 0 saturated carbocycles. The molecule has 0 aromatic heterocycles. The first-order valence-electron chi connectivity index (χ1n) is 5.00. The van der Waals surface area contributed by atoms with Gasteiger partial charge in [-0.25, -0.2) is 4.39 Å². The van der Waals surface area contributed by atoms with Crippen molar-refractivity contribution in [2.24, 2.45) is 5.73 Å². The maximum absolute atomic E-state index is 13.4. The van der Waals surface area contributed by atoms with Crippen LogP contribution in [0.5, 0.6) is 5.75 Å². The molecule has 0 aliphatic rings. The number of nitrogens with two attached hydrogens (primary N) is 1. The number of ether oxygens (including phenoxy) is 2. The van der Waals surface area contributed by atoms with E-state index in [1.807, 2.05) is 0 Å². The van der Waals surface area contributed by atoms with Crippen molar-refractivity contribution in [2.45, 2.75) is 13.0 Å². The Hall–Kier alpha value is -0.910. The predicted molar refractivity (Wildman–Crippen MR) is 69.1 cm³/mol. The van der Waals surface area contributed by atoms with E-state index >= 15 is 0 Å². The molecule has 94 valence electrons. The number of rotatable bonds is 6. The number of hydrogen-bond acceptors (Lipinski definition) is 3. The highest BCUT2D eigenvalue weighted by Crippen LogP contribution is 2.23. The maximum atomic E-state index is 13.4. The molecule has 0 amide bonds. The first kappa shape index (κ1) is 14.2. The highest BCUT2D eigenvalue weighted by molar-refractivity contribution is 7.80. The molecule has 6 heteroatoms. The number of hydrogen-bond donors (Lipinski definition) is 1. The molecule has 1 atom stereocenters. The van der Waals surface area contributed by atoms with E-state index in [9.17, 15) is 4.39 Å². The molecule has 1 rings (SSSR count). The van der Waals surface area contributed by atoms with Gasteiger partial charge in [-0.3, -0.25) is 0 Å². The third-order valence-electron chi connectivity index (χ3n) is 2.03. The van der Waals surface area contributed by atoms with Crippen molar-refractivity contribution >= 4 is 28.8 Å². The Labute approximate surface area is 110 Å². The second kappa shape index (κ2) is 6.74. The molecule has 0 bridgehead atoms. The summed E-state index contributed by atoms with van der Waals surface area (Å²) in [6.07, 6.45) is -0.321. The summed E-state index contributed by atoms with van der Waals surface area (Å²) in [5.74, 6) is -0.472. The van der Waals surface area contributed by atoms with Crippen molar-refractivity contribution in [3.8, 4) is 5.75 Å². The van der Waals surface area contributed by atoms with Crippen LogP contribution in [0.15, 0.2) is 18.2 Å². The van der Waals surface area contributed by atoms with Gasteiger partial charge in [-0.05, 0) is 19.1 Å². The van der Waals surface area contributed by atoms with Crippen LogP contribution >= 0.6 is 23.8 Å². The van der Waals surface area contributed by atoms with Gasteiger partial charge in [0.1, 0.15) is 17.7 Å². The summed E-state index contributed by atoms with van der Waals surface area (Å²) >= 11 is 10.3. The number of halogens is 2. The molecule has 1 aromatic carbocycles. The lowest BCUT2D eigenvalue weighted by atomic mass is 10.3. The van der Waals surface area contributed by atoms with Crippen molar-refractivity contribution in [3.63, 3.8) is 0 Å². The minimum atomic E-state index is -0.573. The van der Waals surface area contributed by atoms with Gasteiger partial charge >= 0.3 is 0 Å². The molecule has 17 heavy (non-hydrogen) atoms. The third-order valence-corrected chi connectivity index (χ3v) is 2.65. The van der Waals surface area contributed by atoms with E-state index in [2.05, 4.69) is 0 Å². The molecule has 1 unspecified atom stereocenters. The van der Waals surface area contributed by atoms with Gasteiger partial charge in [0.25, 0.3) is 0 Å². The second-order valence-corrected chi connectivity index (χ2v) is 4.19. The number of thiocarbonyl (C=S) groups is 1. The van der Waals surface area contributed by atoms with Crippen molar-refractivity contribution in [1.29, 1.82) is 0 Å². The molecular formula is C11H13ClFNO2S. The van der Waals surface area contributed by atoms with Crippen LogP contribution in [-0.2, 0) is 4.74 Å². The molecule has 0 aliphatic heterocycles. The zero-order valence-electron chi connectivity index (χ0n) is 9.28. The van der Waals surface area contributed by atoms with Gasteiger partial charge in [0.2, 0.25) is 0 Å². The lowest BCUT2D eigenvalue weighted by Gasteiger charge is -2.12. The van der Waals surface area contributed by atoms with Gasteiger partial charge in [0.05, 0.1) is 11.6 Å². The first-order chi connectivity index (χ1) is 8.02. The Morgan fingerprint density at radius 3 is 2.88 bits per heavy atom. The van der Waals surface area contributed by atoms with Crippen LogP contribution in [0.25, 0.3) is 0 Å². The quantitative estimate of drug-likeness (QED) is 0.641. The molecule has 0 spiro atoms. The molecule has 0 fully saturated rings. The zero-order chi connectivity index (χ0) is 12.8. The topological polar surface area (TPSA) is 44.5 Å². The van der Waals surface area contributed by atoms with Crippen molar-refractivity contribution in [2.75, 3.05) is 13.2 Å². The van der Waals surface area contributed by atoms with E-state index in [0.29, 0.717) is 0 Å². The first-order valence-corrected chi connectivity index (χ1v) is 5.78. The van der Waals surface area contributed by atoms with Crippen molar-refractivity contribution in [3.05, 3.63) is 29.0 Å². The van der Waals surface area contributed by atoms with Crippen LogP contribution in [0.4, 0.5) is 4.39 Å². The highest BCUT2D eigenvalue weighted by Gasteiger charge is 2.08. The molecule has 0 heterocycles. The lowest BCUT2D eigenvalue weighted by Crippen LogP contribution is -2.27. The average molecular weight is 278 g/mol. The monoisotopic (exact) mass is 277 g/mol. The maximum Gasteiger partial charge on any atom is 0.183 e. The van der Waals surface area contributed by atoms with Crippen LogP contribution in [-0.4, -0.2) is 24.3 Å². The summed E-state index contributed by atoms with van der Waals surface area (Å²) in [5, 5.41) is 0.0277. The Morgan fingerprint density at radius 1 is 1.53 bits per heavy atom. The summed E-state index contributed by atoms with van der Waals surface area (Å²) < 4.78 is 23.8. The summed E-state index contributed by atoms with van der Waals surface area (Å²) in [7, 11) is 0. The van der Waals surface area contributed by atoms with E-state index in [1.54, 1.807) is 13.0 Å². The fraction of sp³-hybridized carbons (Fsp3) is 0.364. The van der Waals surface area contributed by atoms with Gasteiger partial charge in [0, 0.05) is 0 Å². The summed E-state index contributed by atoms with van der Waals surface area (Å²) in [4.78, 5) is 0.277. The van der Waals surface area contributed by atoms with Crippen molar-refractivity contribution in [1.82, 2.24) is 0 Å². The van der Waals surface area contributed by atoms with E-state index in [0.717, 1.165) is 0 Å². The van der Waals surface area contributed by atoms with Gasteiger partial charge < -0.3 is 15.2 Å². The van der Waals surface area contributed by atoms with Gasteiger partial charge in [0.15, 0.2) is 11.6 Å². The van der Waals surface area contributed by atoms with Gasteiger partial charge in [-0.1, -0.05) is 29.9 Å². The van der Waals surface area contributed by atoms with Gasteiger partial charge in [-0.2, -0.15) is 0 Å². The Balaban J connectivity index is 2.36. The SMILES string of the molecule is CC(OCCOc1cccc(Cl)c1F)C(N)=S. The van der Waals surface area contributed by atoms with Crippen LogP contribution < -0.4 is 10.5 Å². The highest BCUT2D eigenvalue weighted by atomic mass is 35.5. The zero-order valence-corrected chi connectivity index (χ0v) is 10.9. The average Bonchev–Trinajstić information content (AvgIpc) is 2.29. The van der Waals surface area contributed by atoms with Crippen LogP contribution in [0.1, 0.15) is 6.92 Å². The predicted octanol–water partition coefficient (Wildman–Crippen LogP) is 2.55. The standard InChI is InChI=1S/C11H13ClFNO2S/c1-7(11(14)17)15-5-6-16-9-4-2-3-8(12)10(9)13/h2-4,7H,5-6H2,1H3,(H2,14,17). The Kier molecular flexibility index (Phi) is 5.61. The Bertz CT molecular complexity index is 403. The normalized spacial score (nSPS) is 12.2. The van der Waals surface area contributed by atoms with E-state index in [1.165, 1.54) is 12.1 Å².